The third-order valence-electron chi connectivity index (χ3n) is 4.46. The Balaban J connectivity index is 2.01. The van der Waals surface area contributed by atoms with Crippen molar-refractivity contribution >= 4 is 12.1 Å². The number of hydrogen-bond acceptors (Lipinski definition) is 6. The Labute approximate surface area is 167 Å². The van der Waals surface area contributed by atoms with E-state index in [4.69, 9.17) is 0 Å². The van der Waals surface area contributed by atoms with Crippen molar-refractivity contribution in [3.05, 3.63) is 86.6 Å². The van der Waals surface area contributed by atoms with Gasteiger partial charge < -0.3 is 0 Å². The first-order chi connectivity index (χ1) is 13.9. The number of hydrazone groups is 1. The van der Waals surface area contributed by atoms with Gasteiger partial charge in [-0.2, -0.15) is 20.1 Å². The maximum atomic E-state index is 12.7. The van der Waals surface area contributed by atoms with Crippen molar-refractivity contribution in [2.45, 2.75) is 20.8 Å². The summed E-state index contributed by atoms with van der Waals surface area (Å²) in [5.41, 5.74) is 4.99. The summed E-state index contributed by atoms with van der Waals surface area (Å²) in [6.45, 7) is 5.37. The Hall–Kier alpha value is -4.12. The molecule has 0 aliphatic rings. The molecule has 1 amide bonds. The zero-order chi connectivity index (χ0) is 21.0. The van der Waals surface area contributed by atoms with Gasteiger partial charge in [0.2, 0.25) is 0 Å². The van der Waals surface area contributed by atoms with Crippen LogP contribution in [0.25, 0.3) is 5.69 Å². The third kappa shape index (κ3) is 4.09. The van der Waals surface area contributed by atoms with E-state index in [1.54, 1.807) is 36.7 Å². The summed E-state index contributed by atoms with van der Waals surface area (Å²) in [6.07, 6.45) is 4.65. The third-order valence-corrected chi connectivity index (χ3v) is 4.46. The van der Waals surface area contributed by atoms with Crippen LogP contribution in [0.3, 0.4) is 0 Å². The molecule has 29 heavy (non-hydrogen) atoms. The molecule has 8 nitrogen and oxygen atoms in total. The zero-order valence-electron chi connectivity index (χ0n) is 16.2. The lowest BCUT2D eigenvalue weighted by molar-refractivity contribution is 0.0947. The van der Waals surface area contributed by atoms with Crippen molar-refractivity contribution < 1.29 is 4.79 Å². The van der Waals surface area contributed by atoms with Crippen LogP contribution in [0.1, 0.15) is 38.3 Å². The van der Waals surface area contributed by atoms with E-state index in [9.17, 15) is 14.9 Å². The number of benzene rings is 1. The van der Waals surface area contributed by atoms with Gasteiger partial charge in [0, 0.05) is 23.5 Å². The molecule has 0 unspecified atom stereocenters. The first kappa shape index (κ1) is 19.6. The number of aryl methyl sites for hydroxylation is 2. The van der Waals surface area contributed by atoms with E-state index in [0.29, 0.717) is 11.3 Å². The molecule has 3 rings (SSSR count). The lowest BCUT2D eigenvalue weighted by atomic mass is 10.1. The normalized spacial score (nSPS) is 10.7. The smallest absolute Gasteiger partial charge is 0.266 e. The van der Waals surface area contributed by atoms with Crippen LogP contribution in [0.2, 0.25) is 0 Å². The largest absolute Gasteiger partial charge is 0.292 e. The van der Waals surface area contributed by atoms with E-state index in [-0.39, 0.29) is 16.8 Å². The van der Waals surface area contributed by atoms with Crippen molar-refractivity contribution in [1.29, 1.82) is 5.26 Å². The highest BCUT2D eigenvalue weighted by molar-refractivity contribution is 5.94. The molecule has 0 atom stereocenters. The van der Waals surface area contributed by atoms with Crippen LogP contribution in [-0.2, 0) is 0 Å². The standard InChI is InChI=1S/C21H18N6O2/c1-13-6-7-17(9-14(13)2)27-21(29)18(10-22)15(3)19(26-27)20(28)25-24-12-16-5-4-8-23-11-16/h4-9,11-12H,1-3H3,(H,25,28)/b24-12+. The molecule has 1 N–H and O–H groups in total. The molecule has 0 bridgehead atoms. The first-order valence-electron chi connectivity index (χ1n) is 8.77. The fourth-order valence-electron chi connectivity index (χ4n) is 2.66. The molecule has 8 heteroatoms. The Kier molecular flexibility index (Phi) is 5.60. The highest BCUT2D eigenvalue weighted by Gasteiger charge is 2.20. The van der Waals surface area contributed by atoms with Crippen LogP contribution >= 0.6 is 0 Å². The van der Waals surface area contributed by atoms with Crippen molar-refractivity contribution in [3.63, 3.8) is 0 Å². The zero-order valence-corrected chi connectivity index (χ0v) is 16.2. The number of carbonyl (C=O) groups excluding carboxylic acids is 1. The molecule has 0 radical (unpaired) electrons. The predicted molar refractivity (Wildman–Crippen MR) is 108 cm³/mol. The average Bonchev–Trinajstić information content (AvgIpc) is 2.71. The first-order valence-corrected chi connectivity index (χ1v) is 8.77. The van der Waals surface area contributed by atoms with E-state index in [0.717, 1.165) is 15.8 Å². The highest BCUT2D eigenvalue weighted by Crippen LogP contribution is 2.14. The van der Waals surface area contributed by atoms with Crippen molar-refractivity contribution in [1.82, 2.24) is 20.2 Å². The summed E-state index contributed by atoms with van der Waals surface area (Å²) in [6, 6.07) is 10.7. The van der Waals surface area contributed by atoms with Crippen LogP contribution in [0.5, 0.6) is 0 Å². The van der Waals surface area contributed by atoms with Gasteiger partial charge in [-0.15, -0.1) is 0 Å². The summed E-state index contributed by atoms with van der Waals surface area (Å²) >= 11 is 0. The van der Waals surface area contributed by atoms with E-state index < -0.39 is 11.5 Å². The van der Waals surface area contributed by atoms with Crippen LogP contribution in [-0.4, -0.2) is 26.9 Å². The average molecular weight is 386 g/mol. The van der Waals surface area contributed by atoms with Crippen molar-refractivity contribution in [2.75, 3.05) is 0 Å². The number of aromatic nitrogens is 3. The molecule has 0 aliphatic carbocycles. The molecule has 3 aromatic rings. The second-order valence-electron chi connectivity index (χ2n) is 6.43. The lowest BCUT2D eigenvalue weighted by Crippen LogP contribution is -2.31. The lowest BCUT2D eigenvalue weighted by Gasteiger charge is -2.11. The maximum Gasteiger partial charge on any atom is 0.292 e. The number of hydrogen-bond donors (Lipinski definition) is 1. The second kappa shape index (κ2) is 8.27. The summed E-state index contributed by atoms with van der Waals surface area (Å²) in [5, 5.41) is 17.5. The molecule has 144 valence electrons. The second-order valence-corrected chi connectivity index (χ2v) is 6.43. The molecule has 0 spiro atoms. The van der Waals surface area contributed by atoms with Crippen LogP contribution < -0.4 is 11.0 Å². The van der Waals surface area contributed by atoms with E-state index in [2.05, 4.69) is 20.6 Å². The summed E-state index contributed by atoms with van der Waals surface area (Å²) in [4.78, 5) is 29.3. The SMILES string of the molecule is Cc1ccc(-n2nc(C(=O)N/N=C/c3cccnc3)c(C)c(C#N)c2=O)cc1C. The molecule has 0 fully saturated rings. The topological polar surface area (TPSA) is 113 Å². The van der Waals surface area contributed by atoms with Gasteiger partial charge in [-0.1, -0.05) is 12.1 Å². The van der Waals surface area contributed by atoms with Gasteiger partial charge in [-0.05, 0) is 50.1 Å². The minimum Gasteiger partial charge on any atom is -0.266 e. The maximum absolute atomic E-state index is 12.7. The van der Waals surface area contributed by atoms with Gasteiger partial charge in [-0.3, -0.25) is 14.6 Å². The van der Waals surface area contributed by atoms with E-state index in [1.807, 2.05) is 26.0 Å². The van der Waals surface area contributed by atoms with Gasteiger partial charge in [-0.25, -0.2) is 5.43 Å². The summed E-state index contributed by atoms with van der Waals surface area (Å²) in [7, 11) is 0. The number of nitriles is 1. The summed E-state index contributed by atoms with van der Waals surface area (Å²) < 4.78 is 1.07. The number of nitrogens with zero attached hydrogens (tertiary/aromatic N) is 5. The minimum absolute atomic E-state index is 0.0530. The molecule has 2 aromatic heterocycles. The number of nitrogens with one attached hydrogen (secondary N) is 1. The van der Waals surface area contributed by atoms with Gasteiger partial charge >= 0.3 is 0 Å². The minimum atomic E-state index is -0.628. The molecular weight excluding hydrogens is 368 g/mol. The molecule has 0 aliphatic heterocycles. The molecule has 0 saturated heterocycles. The van der Waals surface area contributed by atoms with Gasteiger partial charge in [0.05, 0.1) is 11.9 Å². The van der Waals surface area contributed by atoms with Crippen molar-refractivity contribution in [2.24, 2.45) is 5.10 Å². The Bertz CT molecular complexity index is 1210. The van der Waals surface area contributed by atoms with Crippen LogP contribution in [0, 0.1) is 32.1 Å². The fraction of sp³-hybridized carbons (Fsp3) is 0.143. The predicted octanol–water partition coefficient (Wildman–Crippen LogP) is 2.19. The Morgan fingerprint density at radius 1 is 1.24 bits per heavy atom. The van der Waals surface area contributed by atoms with Gasteiger partial charge in [0.25, 0.3) is 11.5 Å². The van der Waals surface area contributed by atoms with Crippen LogP contribution in [0.15, 0.2) is 52.6 Å². The quantitative estimate of drug-likeness (QED) is 0.545. The van der Waals surface area contributed by atoms with E-state index in [1.165, 1.54) is 13.1 Å². The Morgan fingerprint density at radius 2 is 2.03 bits per heavy atom. The monoisotopic (exact) mass is 386 g/mol. The van der Waals surface area contributed by atoms with Gasteiger partial charge in [0.1, 0.15) is 11.6 Å². The highest BCUT2D eigenvalue weighted by atomic mass is 16.2. The number of pyridine rings is 1. The number of rotatable bonds is 4. The molecule has 1 aromatic carbocycles. The Morgan fingerprint density at radius 3 is 2.69 bits per heavy atom. The number of carbonyl (C=O) groups is 1. The molecule has 2 heterocycles. The fourth-order valence-corrected chi connectivity index (χ4v) is 2.66. The van der Waals surface area contributed by atoms with Crippen molar-refractivity contribution in [3.8, 4) is 11.8 Å². The molecule has 0 saturated carbocycles. The number of amides is 1. The summed E-state index contributed by atoms with van der Waals surface area (Å²) in [5.74, 6) is -0.628. The van der Waals surface area contributed by atoms with Crippen LogP contribution in [0.4, 0.5) is 0 Å². The van der Waals surface area contributed by atoms with E-state index >= 15 is 0 Å². The molecular formula is C21H18N6O2. The van der Waals surface area contributed by atoms with Gasteiger partial charge in [0.15, 0.2) is 5.69 Å².